The number of amides is 1. The minimum absolute atomic E-state index is 0.392. The Labute approximate surface area is 111 Å². The third-order valence-electron chi connectivity index (χ3n) is 2.68. The molecule has 2 aromatic rings. The first-order valence-electron chi connectivity index (χ1n) is 5.78. The standard InChI is InChI=1S/C16H12N2O/c17-11-13-7-4-8-14(9-13)15(16(18)19)10-12-5-2-1-3-6-12/h1-10H,(H2,18,19)/b15-10-. The maximum atomic E-state index is 11.6. The van der Waals surface area contributed by atoms with Crippen LogP contribution in [0.1, 0.15) is 16.7 Å². The summed E-state index contributed by atoms with van der Waals surface area (Å²) in [6, 6.07) is 18.3. The molecule has 0 saturated carbocycles. The van der Waals surface area contributed by atoms with Gasteiger partial charge in [-0.25, -0.2) is 0 Å². The highest BCUT2D eigenvalue weighted by atomic mass is 16.1. The van der Waals surface area contributed by atoms with Crippen LogP contribution in [-0.2, 0) is 4.79 Å². The molecule has 0 heterocycles. The molecule has 2 N–H and O–H groups in total. The van der Waals surface area contributed by atoms with Crippen LogP contribution in [0.5, 0.6) is 0 Å². The first-order valence-corrected chi connectivity index (χ1v) is 5.78. The average molecular weight is 248 g/mol. The summed E-state index contributed by atoms with van der Waals surface area (Å²) in [6.07, 6.45) is 1.72. The summed E-state index contributed by atoms with van der Waals surface area (Å²) in [5, 5.41) is 8.89. The van der Waals surface area contributed by atoms with E-state index in [0.29, 0.717) is 16.7 Å². The van der Waals surface area contributed by atoms with E-state index in [1.165, 1.54) is 0 Å². The van der Waals surface area contributed by atoms with E-state index in [9.17, 15) is 4.79 Å². The van der Waals surface area contributed by atoms with E-state index in [4.69, 9.17) is 11.0 Å². The number of nitriles is 1. The Morgan fingerprint density at radius 1 is 1.11 bits per heavy atom. The smallest absolute Gasteiger partial charge is 0.249 e. The fourth-order valence-corrected chi connectivity index (χ4v) is 1.77. The van der Waals surface area contributed by atoms with Gasteiger partial charge in [-0.2, -0.15) is 5.26 Å². The van der Waals surface area contributed by atoms with Crippen molar-refractivity contribution in [3.63, 3.8) is 0 Å². The molecule has 1 amide bonds. The highest BCUT2D eigenvalue weighted by Crippen LogP contribution is 2.19. The summed E-state index contributed by atoms with van der Waals surface area (Å²) in [5.74, 6) is -0.515. The third-order valence-corrected chi connectivity index (χ3v) is 2.68. The summed E-state index contributed by atoms with van der Waals surface area (Å²) in [4.78, 5) is 11.6. The summed E-state index contributed by atoms with van der Waals surface area (Å²) in [6.45, 7) is 0. The van der Waals surface area contributed by atoms with E-state index in [1.54, 1.807) is 30.3 Å². The van der Waals surface area contributed by atoms with Gasteiger partial charge in [0.25, 0.3) is 0 Å². The van der Waals surface area contributed by atoms with Crippen molar-refractivity contribution in [2.75, 3.05) is 0 Å². The SMILES string of the molecule is N#Cc1cccc(/C(=C/c2ccccc2)C(N)=O)c1. The molecule has 19 heavy (non-hydrogen) atoms. The van der Waals surface area contributed by atoms with Crippen LogP contribution in [0.2, 0.25) is 0 Å². The highest BCUT2D eigenvalue weighted by Gasteiger charge is 2.08. The summed E-state index contributed by atoms with van der Waals surface area (Å²) in [5.41, 5.74) is 7.84. The van der Waals surface area contributed by atoms with Gasteiger partial charge in [0.15, 0.2) is 0 Å². The molecule has 0 radical (unpaired) electrons. The zero-order valence-electron chi connectivity index (χ0n) is 10.2. The minimum Gasteiger partial charge on any atom is -0.366 e. The van der Waals surface area contributed by atoms with Crippen molar-refractivity contribution in [2.24, 2.45) is 5.73 Å². The lowest BCUT2D eigenvalue weighted by Crippen LogP contribution is -2.12. The number of nitrogens with zero attached hydrogens (tertiary/aromatic N) is 1. The van der Waals surface area contributed by atoms with Crippen LogP contribution in [0.3, 0.4) is 0 Å². The second kappa shape index (κ2) is 5.65. The zero-order chi connectivity index (χ0) is 13.7. The van der Waals surface area contributed by atoms with Crippen LogP contribution in [0.25, 0.3) is 11.6 Å². The molecule has 0 aliphatic carbocycles. The van der Waals surface area contributed by atoms with Crippen molar-refractivity contribution in [2.45, 2.75) is 0 Å². The second-order valence-electron chi connectivity index (χ2n) is 4.03. The molecule has 0 fully saturated rings. The van der Waals surface area contributed by atoms with E-state index < -0.39 is 5.91 Å². The van der Waals surface area contributed by atoms with E-state index in [0.717, 1.165) is 5.56 Å². The van der Waals surface area contributed by atoms with E-state index in [-0.39, 0.29) is 0 Å². The van der Waals surface area contributed by atoms with Crippen LogP contribution in [-0.4, -0.2) is 5.91 Å². The number of carbonyl (C=O) groups is 1. The van der Waals surface area contributed by atoms with Crippen molar-refractivity contribution < 1.29 is 4.79 Å². The first-order chi connectivity index (χ1) is 9.20. The number of nitrogens with two attached hydrogens (primary N) is 1. The van der Waals surface area contributed by atoms with Gasteiger partial charge in [-0.1, -0.05) is 42.5 Å². The quantitative estimate of drug-likeness (QED) is 0.670. The lowest BCUT2D eigenvalue weighted by atomic mass is 10.0. The van der Waals surface area contributed by atoms with E-state index >= 15 is 0 Å². The molecule has 3 nitrogen and oxygen atoms in total. The Bertz CT molecular complexity index is 667. The number of carbonyl (C=O) groups excluding carboxylic acids is 1. The van der Waals surface area contributed by atoms with Crippen molar-refractivity contribution in [3.8, 4) is 6.07 Å². The Balaban J connectivity index is 2.50. The molecular formula is C16H12N2O. The summed E-state index contributed by atoms with van der Waals surface area (Å²) < 4.78 is 0. The van der Waals surface area contributed by atoms with Crippen molar-refractivity contribution in [1.29, 1.82) is 5.26 Å². The van der Waals surface area contributed by atoms with Gasteiger partial charge in [-0.05, 0) is 29.3 Å². The highest BCUT2D eigenvalue weighted by molar-refractivity contribution is 6.23. The van der Waals surface area contributed by atoms with Gasteiger partial charge in [0.1, 0.15) is 0 Å². The van der Waals surface area contributed by atoms with Crippen molar-refractivity contribution in [3.05, 3.63) is 71.3 Å². The predicted octanol–water partition coefficient (Wildman–Crippen LogP) is 2.58. The number of primary amides is 1. The maximum Gasteiger partial charge on any atom is 0.249 e. The fraction of sp³-hybridized carbons (Fsp3) is 0. The Morgan fingerprint density at radius 3 is 2.47 bits per heavy atom. The Kier molecular flexibility index (Phi) is 3.75. The molecule has 0 bridgehead atoms. The fourth-order valence-electron chi connectivity index (χ4n) is 1.77. The minimum atomic E-state index is -0.515. The molecule has 0 atom stereocenters. The average Bonchev–Trinajstić information content (AvgIpc) is 2.45. The Morgan fingerprint density at radius 2 is 1.84 bits per heavy atom. The molecule has 0 unspecified atom stereocenters. The van der Waals surface area contributed by atoms with Crippen molar-refractivity contribution in [1.82, 2.24) is 0 Å². The molecular weight excluding hydrogens is 236 g/mol. The maximum absolute atomic E-state index is 11.6. The normalized spacial score (nSPS) is 10.8. The monoisotopic (exact) mass is 248 g/mol. The molecule has 0 aliphatic heterocycles. The third kappa shape index (κ3) is 3.08. The largest absolute Gasteiger partial charge is 0.366 e. The van der Waals surface area contributed by atoms with Crippen LogP contribution in [0.15, 0.2) is 54.6 Å². The van der Waals surface area contributed by atoms with E-state index in [1.807, 2.05) is 36.4 Å². The molecule has 92 valence electrons. The van der Waals surface area contributed by atoms with Crippen LogP contribution >= 0.6 is 0 Å². The van der Waals surface area contributed by atoms with Crippen LogP contribution in [0, 0.1) is 11.3 Å². The van der Waals surface area contributed by atoms with Crippen LogP contribution < -0.4 is 5.73 Å². The van der Waals surface area contributed by atoms with Gasteiger partial charge < -0.3 is 5.73 Å². The molecule has 0 spiro atoms. The molecule has 0 aliphatic rings. The summed E-state index contributed by atoms with van der Waals surface area (Å²) >= 11 is 0. The van der Waals surface area contributed by atoms with Gasteiger partial charge in [-0.15, -0.1) is 0 Å². The molecule has 2 rings (SSSR count). The lowest BCUT2D eigenvalue weighted by molar-refractivity contribution is -0.112. The van der Waals surface area contributed by atoms with Gasteiger partial charge in [0.2, 0.25) is 5.91 Å². The molecule has 0 saturated heterocycles. The first kappa shape index (κ1) is 12.6. The molecule has 2 aromatic carbocycles. The number of rotatable bonds is 3. The summed E-state index contributed by atoms with van der Waals surface area (Å²) in [7, 11) is 0. The van der Waals surface area contributed by atoms with Crippen LogP contribution in [0.4, 0.5) is 0 Å². The topological polar surface area (TPSA) is 66.9 Å². The predicted molar refractivity (Wildman–Crippen MR) is 74.7 cm³/mol. The molecule has 3 heteroatoms. The van der Waals surface area contributed by atoms with Gasteiger partial charge >= 0.3 is 0 Å². The van der Waals surface area contributed by atoms with Gasteiger partial charge in [0.05, 0.1) is 11.6 Å². The number of hydrogen-bond acceptors (Lipinski definition) is 2. The number of hydrogen-bond donors (Lipinski definition) is 1. The number of benzene rings is 2. The second-order valence-corrected chi connectivity index (χ2v) is 4.03. The van der Waals surface area contributed by atoms with Crippen molar-refractivity contribution >= 4 is 17.6 Å². The molecule has 0 aromatic heterocycles. The van der Waals surface area contributed by atoms with E-state index in [2.05, 4.69) is 0 Å². The zero-order valence-corrected chi connectivity index (χ0v) is 10.2. The Hall–Kier alpha value is -2.86. The lowest BCUT2D eigenvalue weighted by Gasteiger charge is -2.04. The van der Waals surface area contributed by atoms with Gasteiger partial charge in [0, 0.05) is 5.57 Å². The van der Waals surface area contributed by atoms with Gasteiger partial charge in [-0.3, -0.25) is 4.79 Å².